The number of hydrogen-bond donors (Lipinski definition) is 3. The van der Waals surface area contributed by atoms with Crippen molar-refractivity contribution in [3.8, 4) is 0 Å². The summed E-state index contributed by atoms with van der Waals surface area (Å²) >= 11 is 0. The summed E-state index contributed by atoms with van der Waals surface area (Å²) in [5.74, 6) is 0.767. The van der Waals surface area contributed by atoms with Gasteiger partial charge in [-0.1, -0.05) is 6.07 Å². The van der Waals surface area contributed by atoms with Gasteiger partial charge in [0.05, 0.1) is 0 Å². The smallest absolute Gasteiger partial charge is 0.384 e. The Hall–Kier alpha value is -1.68. The largest absolute Gasteiger partial charge is 0.500 e. The van der Waals surface area contributed by atoms with E-state index in [0.29, 0.717) is 50.5 Å². The number of pyridine rings is 1. The first-order valence-corrected chi connectivity index (χ1v) is 10.2. The Morgan fingerprint density at radius 2 is 1.79 bits per heavy atom. The first-order valence-electron chi connectivity index (χ1n) is 8.24. The molecule has 0 unspecified atom stereocenters. The number of carbonyl (C=O) groups excluding carboxylic acids is 1. The number of rotatable bonds is 11. The fraction of sp³-hybridized carbons (Fsp3) is 0.600. The molecule has 1 aromatic heterocycles. The van der Waals surface area contributed by atoms with Crippen LogP contribution >= 0.6 is 0 Å². The Bertz CT molecular complexity index is 487. The van der Waals surface area contributed by atoms with E-state index in [1.807, 2.05) is 20.8 Å². The second kappa shape index (κ2) is 11.0. The van der Waals surface area contributed by atoms with Gasteiger partial charge in [-0.3, -0.25) is 5.32 Å². The summed E-state index contributed by atoms with van der Waals surface area (Å²) < 4.78 is 17.3. The number of nitrogens with one attached hydrogen (secondary N) is 2. The molecule has 0 atom stereocenters. The average Bonchev–Trinajstić information content (AvgIpc) is 2.52. The maximum Gasteiger partial charge on any atom is 0.500 e. The van der Waals surface area contributed by atoms with E-state index in [9.17, 15) is 4.79 Å². The van der Waals surface area contributed by atoms with Crippen LogP contribution in [0.25, 0.3) is 0 Å². The number of urea groups is 1. The van der Waals surface area contributed by atoms with Crippen LogP contribution in [0.2, 0.25) is 6.04 Å². The molecule has 2 amide bonds. The number of anilines is 2. The molecule has 1 rings (SSSR count). The summed E-state index contributed by atoms with van der Waals surface area (Å²) in [5.41, 5.74) is 5.57. The quantitative estimate of drug-likeness (QED) is 0.414. The van der Waals surface area contributed by atoms with Crippen LogP contribution in [0.15, 0.2) is 18.2 Å². The van der Waals surface area contributed by atoms with Gasteiger partial charge in [0.1, 0.15) is 11.6 Å². The molecule has 24 heavy (non-hydrogen) atoms. The van der Waals surface area contributed by atoms with Gasteiger partial charge in [-0.2, -0.15) is 0 Å². The summed E-state index contributed by atoms with van der Waals surface area (Å²) in [6, 6.07) is 5.38. The summed E-state index contributed by atoms with van der Waals surface area (Å²) in [6.45, 7) is 7.87. The number of carbonyl (C=O) groups is 1. The van der Waals surface area contributed by atoms with Gasteiger partial charge in [0.15, 0.2) is 0 Å². The molecule has 0 radical (unpaired) electrons. The van der Waals surface area contributed by atoms with Gasteiger partial charge in [0, 0.05) is 32.4 Å². The average molecular weight is 356 g/mol. The Balaban J connectivity index is 2.40. The van der Waals surface area contributed by atoms with E-state index in [1.54, 1.807) is 18.2 Å². The summed E-state index contributed by atoms with van der Waals surface area (Å²) in [4.78, 5) is 15.8. The van der Waals surface area contributed by atoms with Crippen molar-refractivity contribution in [2.24, 2.45) is 0 Å². The van der Waals surface area contributed by atoms with Crippen molar-refractivity contribution in [1.82, 2.24) is 10.3 Å². The van der Waals surface area contributed by atoms with E-state index >= 15 is 0 Å². The molecule has 0 aliphatic heterocycles. The lowest BCUT2D eigenvalue weighted by Crippen LogP contribution is -2.46. The van der Waals surface area contributed by atoms with Crippen molar-refractivity contribution in [2.45, 2.75) is 33.2 Å². The van der Waals surface area contributed by atoms with Gasteiger partial charge in [-0.05, 0) is 39.3 Å². The van der Waals surface area contributed by atoms with Crippen molar-refractivity contribution >= 4 is 26.5 Å². The molecule has 4 N–H and O–H groups in total. The molecule has 0 aromatic carbocycles. The number of nitrogen functional groups attached to an aromatic ring is 1. The number of hydrogen-bond acceptors (Lipinski definition) is 6. The molecule has 8 nitrogen and oxygen atoms in total. The van der Waals surface area contributed by atoms with Gasteiger partial charge in [0.25, 0.3) is 0 Å². The number of nitrogens with zero attached hydrogens (tertiary/aromatic N) is 1. The maximum atomic E-state index is 11.8. The molecular formula is C15H28N4O4Si. The molecule has 0 saturated carbocycles. The normalized spacial score (nSPS) is 11.3. The fourth-order valence-corrected chi connectivity index (χ4v) is 4.80. The Kier molecular flexibility index (Phi) is 9.31. The maximum absolute atomic E-state index is 11.8. The molecule has 0 bridgehead atoms. The van der Waals surface area contributed by atoms with Crippen molar-refractivity contribution in [1.29, 1.82) is 0 Å². The standard InChI is InChI=1S/C15H28N4O4Si/c1-4-21-24(22-5-2,23-6-3)12-8-11-17-15(20)19-14-10-7-9-13(16)18-14/h7,9-10H,4-6,8,11-12H2,1-3H3,(H4,16,17,18,19,20). The van der Waals surface area contributed by atoms with E-state index in [4.69, 9.17) is 19.0 Å². The zero-order valence-electron chi connectivity index (χ0n) is 14.6. The predicted octanol–water partition coefficient (Wildman–Crippen LogP) is 2.22. The number of aromatic nitrogens is 1. The molecular weight excluding hydrogens is 328 g/mol. The van der Waals surface area contributed by atoms with E-state index in [0.717, 1.165) is 0 Å². The molecule has 0 fully saturated rings. The highest BCUT2D eigenvalue weighted by Crippen LogP contribution is 2.17. The van der Waals surface area contributed by atoms with Crippen LogP contribution in [0.5, 0.6) is 0 Å². The minimum Gasteiger partial charge on any atom is -0.384 e. The van der Waals surface area contributed by atoms with E-state index < -0.39 is 8.80 Å². The SMILES string of the molecule is CCO[Si](CCCNC(=O)Nc1cccc(N)n1)(OCC)OCC. The predicted molar refractivity (Wildman–Crippen MR) is 95.7 cm³/mol. The third kappa shape index (κ3) is 7.26. The zero-order chi connectivity index (χ0) is 17.8. The molecule has 9 heteroatoms. The Morgan fingerprint density at radius 1 is 1.17 bits per heavy atom. The summed E-state index contributed by atoms with van der Waals surface area (Å²) in [5, 5.41) is 5.41. The first kappa shape index (κ1) is 20.4. The van der Waals surface area contributed by atoms with Crippen molar-refractivity contribution in [3.05, 3.63) is 18.2 Å². The molecule has 1 aromatic rings. The first-order chi connectivity index (χ1) is 11.5. The van der Waals surface area contributed by atoms with Crippen molar-refractivity contribution in [3.63, 3.8) is 0 Å². The molecule has 0 spiro atoms. The van der Waals surface area contributed by atoms with Gasteiger partial charge >= 0.3 is 14.8 Å². The van der Waals surface area contributed by atoms with Gasteiger partial charge in [-0.15, -0.1) is 0 Å². The molecule has 0 aliphatic rings. The second-order valence-electron chi connectivity index (χ2n) is 4.91. The lowest BCUT2D eigenvalue weighted by atomic mass is 10.4. The van der Waals surface area contributed by atoms with Gasteiger partial charge in [-0.25, -0.2) is 9.78 Å². The Morgan fingerprint density at radius 3 is 2.33 bits per heavy atom. The third-order valence-corrected chi connectivity index (χ3v) is 6.20. The highest BCUT2D eigenvalue weighted by Gasteiger charge is 2.39. The minimum atomic E-state index is -2.65. The van der Waals surface area contributed by atoms with Crippen LogP contribution in [0.4, 0.5) is 16.4 Å². The third-order valence-electron chi connectivity index (χ3n) is 3.05. The molecule has 136 valence electrons. The topological polar surface area (TPSA) is 108 Å². The van der Waals surface area contributed by atoms with Crippen LogP contribution in [-0.2, 0) is 13.3 Å². The molecule has 1 heterocycles. The highest BCUT2D eigenvalue weighted by atomic mass is 28.4. The summed E-state index contributed by atoms with van der Waals surface area (Å²) in [6.07, 6.45) is 0.698. The molecule has 0 aliphatic carbocycles. The fourth-order valence-electron chi connectivity index (χ4n) is 2.19. The second-order valence-corrected chi connectivity index (χ2v) is 7.65. The van der Waals surface area contributed by atoms with Gasteiger partial charge in [0.2, 0.25) is 0 Å². The Labute approximate surface area is 144 Å². The number of nitrogens with two attached hydrogens (primary N) is 1. The lowest BCUT2D eigenvalue weighted by Gasteiger charge is -2.28. The highest BCUT2D eigenvalue weighted by molar-refractivity contribution is 6.60. The van der Waals surface area contributed by atoms with Gasteiger partial charge < -0.3 is 24.3 Å². The van der Waals surface area contributed by atoms with Crippen molar-refractivity contribution < 1.29 is 18.1 Å². The van der Waals surface area contributed by atoms with Crippen LogP contribution in [0, 0.1) is 0 Å². The van der Waals surface area contributed by atoms with E-state index in [1.165, 1.54) is 0 Å². The molecule has 0 saturated heterocycles. The lowest BCUT2D eigenvalue weighted by molar-refractivity contribution is 0.0708. The summed E-state index contributed by atoms with van der Waals surface area (Å²) in [7, 11) is -2.65. The zero-order valence-corrected chi connectivity index (χ0v) is 15.6. The van der Waals surface area contributed by atoms with Crippen LogP contribution in [0.3, 0.4) is 0 Å². The van der Waals surface area contributed by atoms with Crippen LogP contribution in [-0.4, -0.2) is 46.2 Å². The minimum absolute atomic E-state index is 0.329. The van der Waals surface area contributed by atoms with Crippen molar-refractivity contribution in [2.75, 3.05) is 37.4 Å². The van der Waals surface area contributed by atoms with E-state index in [2.05, 4.69) is 15.6 Å². The number of amides is 2. The monoisotopic (exact) mass is 356 g/mol. The van der Waals surface area contributed by atoms with E-state index in [-0.39, 0.29) is 6.03 Å². The van der Waals surface area contributed by atoms with Crippen LogP contribution < -0.4 is 16.4 Å². The van der Waals surface area contributed by atoms with Crippen LogP contribution in [0.1, 0.15) is 27.2 Å².